The Hall–Kier alpha value is -2.76. The number of aldehydes is 1. The molecule has 0 atom stereocenters. The maximum absolute atomic E-state index is 13.4. The number of nitrogens with one attached hydrogen (secondary N) is 1. The van der Waals surface area contributed by atoms with Gasteiger partial charge < -0.3 is 10.1 Å². The summed E-state index contributed by atoms with van der Waals surface area (Å²) in [6, 6.07) is 9.57. The summed E-state index contributed by atoms with van der Waals surface area (Å²) in [7, 11) is 0. The zero-order chi connectivity index (χ0) is 15.2. The quantitative estimate of drug-likeness (QED) is 0.862. The fourth-order valence-electron chi connectivity index (χ4n) is 1.65. The zero-order valence-corrected chi connectivity index (χ0v) is 10.8. The first-order valence-electron chi connectivity index (χ1n) is 6.02. The number of amides is 1. The molecule has 108 valence electrons. The van der Waals surface area contributed by atoms with Gasteiger partial charge in [-0.25, -0.2) is 8.78 Å². The number of hydrogen-bond donors (Lipinski definition) is 1. The summed E-state index contributed by atoms with van der Waals surface area (Å²) in [5.74, 6) is -2.27. The van der Waals surface area contributed by atoms with Gasteiger partial charge in [-0.05, 0) is 24.3 Å². The summed E-state index contributed by atoms with van der Waals surface area (Å²) in [6.07, 6.45) is 0.587. The number of halogens is 2. The van der Waals surface area contributed by atoms with Crippen molar-refractivity contribution in [2.24, 2.45) is 0 Å². The van der Waals surface area contributed by atoms with E-state index >= 15 is 0 Å². The van der Waals surface area contributed by atoms with Crippen LogP contribution in [0.2, 0.25) is 0 Å². The lowest BCUT2D eigenvalue weighted by Crippen LogP contribution is -2.21. The molecule has 0 heterocycles. The molecule has 2 rings (SSSR count). The second kappa shape index (κ2) is 6.60. The van der Waals surface area contributed by atoms with Crippen LogP contribution in [0.15, 0.2) is 42.5 Å². The van der Waals surface area contributed by atoms with Crippen molar-refractivity contribution in [1.82, 2.24) is 0 Å². The van der Waals surface area contributed by atoms with Crippen LogP contribution in [0.5, 0.6) is 5.75 Å². The predicted octanol–water partition coefficient (Wildman–Crippen LogP) is 2.79. The van der Waals surface area contributed by atoms with Gasteiger partial charge in [0.25, 0.3) is 5.91 Å². The van der Waals surface area contributed by atoms with E-state index in [4.69, 9.17) is 4.74 Å². The summed E-state index contributed by atoms with van der Waals surface area (Å²) in [4.78, 5) is 22.4. The van der Waals surface area contributed by atoms with Gasteiger partial charge in [-0.15, -0.1) is 0 Å². The van der Waals surface area contributed by atoms with E-state index < -0.39 is 29.8 Å². The molecule has 2 aromatic carbocycles. The van der Waals surface area contributed by atoms with Crippen LogP contribution in [-0.4, -0.2) is 18.8 Å². The van der Waals surface area contributed by atoms with Gasteiger partial charge in [0.15, 0.2) is 12.9 Å². The molecule has 0 radical (unpaired) electrons. The Bertz CT molecular complexity index is 653. The lowest BCUT2D eigenvalue weighted by Gasteiger charge is -2.10. The monoisotopic (exact) mass is 291 g/mol. The van der Waals surface area contributed by atoms with E-state index in [1.807, 2.05) is 0 Å². The van der Waals surface area contributed by atoms with Gasteiger partial charge >= 0.3 is 0 Å². The average Bonchev–Trinajstić information content (AvgIpc) is 2.49. The smallest absolute Gasteiger partial charge is 0.262 e. The van der Waals surface area contributed by atoms with Crippen LogP contribution in [0.1, 0.15) is 10.4 Å². The van der Waals surface area contributed by atoms with E-state index in [1.165, 1.54) is 18.2 Å². The Morgan fingerprint density at radius 3 is 2.43 bits per heavy atom. The summed E-state index contributed by atoms with van der Waals surface area (Å²) >= 11 is 0. The molecule has 0 fully saturated rings. The molecule has 0 saturated carbocycles. The van der Waals surface area contributed by atoms with Crippen molar-refractivity contribution in [3.63, 3.8) is 0 Å². The minimum atomic E-state index is -0.878. The SMILES string of the molecule is O=Cc1ccccc1OCC(=O)Nc1c(F)cccc1F. The molecule has 0 unspecified atom stereocenters. The third kappa shape index (κ3) is 3.62. The number of carbonyl (C=O) groups excluding carboxylic acids is 2. The van der Waals surface area contributed by atoms with Crippen LogP contribution in [-0.2, 0) is 4.79 Å². The highest BCUT2D eigenvalue weighted by Gasteiger charge is 2.12. The first kappa shape index (κ1) is 14.6. The summed E-state index contributed by atoms with van der Waals surface area (Å²) in [6.45, 7) is -0.474. The topological polar surface area (TPSA) is 55.4 Å². The van der Waals surface area contributed by atoms with E-state index in [2.05, 4.69) is 5.32 Å². The third-order valence-corrected chi connectivity index (χ3v) is 2.63. The number of para-hydroxylation sites is 2. The number of hydrogen-bond acceptors (Lipinski definition) is 3. The van der Waals surface area contributed by atoms with Crippen LogP contribution in [0.4, 0.5) is 14.5 Å². The molecule has 6 heteroatoms. The normalized spacial score (nSPS) is 10.0. The fraction of sp³-hybridized carbons (Fsp3) is 0.0667. The van der Waals surface area contributed by atoms with Crippen molar-refractivity contribution in [3.05, 3.63) is 59.7 Å². The van der Waals surface area contributed by atoms with Gasteiger partial charge in [-0.2, -0.15) is 0 Å². The third-order valence-electron chi connectivity index (χ3n) is 2.63. The van der Waals surface area contributed by atoms with Gasteiger partial charge in [0, 0.05) is 0 Å². The lowest BCUT2D eigenvalue weighted by molar-refractivity contribution is -0.118. The fourth-order valence-corrected chi connectivity index (χ4v) is 1.65. The van der Waals surface area contributed by atoms with Crippen molar-refractivity contribution in [2.45, 2.75) is 0 Å². The Labute approximate surface area is 119 Å². The van der Waals surface area contributed by atoms with Gasteiger partial charge in [0.1, 0.15) is 23.1 Å². The second-order valence-electron chi connectivity index (χ2n) is 4.09. The molecular formula is C15H11F2NO3. The van der Waals surface area contributed by atoms with Gasteiger partial charge in [-0.3, -0.25) is 9.59 Å². The zero-order valence-electron chi connectivity index (χ0n) is 10.8. The molecule has 0 aliphatic heterocycles. The Morgan fingerprint density at radius 2 is 1.76 bits per heavy atom. The van der Waals surface area contributed by atoms with Crippen LogP contribution in [0, 0.1) is 11.6 Å². The average molecular weight is 291 g/mol. The highest BCUT2D eigenvalue weighted by Crippen LogP contribution is 2.18. The molecular weight excluding hydrogens is 280 g/mol. The maximum atomic E-state index is 13.4. The maximum Gasteiger partial charge on any atom is 0.262 e. The van der Waals surface area contributed by atoms with Gasteiger partial charge in [-0.1, -0.05) is 18.2 Å². The molecule has 1 N–H and O–H groups in total. The van der Waals surface area contributed by atoms with Crippen LogP contribution >= 0.6 is 0 Å². The van der Waals surface area contributed by atoms with Crippen LogP contribution in [0.25, 0.3) is 0 Å². The Morgan fingerprint density at radius 1 is 1.10 bits per heavy atom. The van der Waals surface area contributed by atoms with Crippen molar-refractivity contribution in [1.29, 1.82) is 0 Å². The standard InChI is InChI=1S/C15H11F2NO3/c16-11-5-3-6-12(17)15(11)18-14(20)9-21-13-7-2-1-4-10(13)8-19/h1-8H,9H2,(H,18,20). The number of carbonyl (C=O) groups is 2. The molecule has 0 aromatic heterocycles. The molecule has 0 spiro atoms. The minimum Gasteiger partial charge on any atom is -0.483 e. The molecule has 2 aromatic rings. The minimum absolute atomic E-state index is 0.219. The summed E-state index contributed by atoms with van der Waals surface area (Å²) in [5, 5.41) is 2.08. The summed E-state index contributed by atoms with van der Waals surface area (Å²) < 4.78 is 31.9. The van der Waals surface area contributed by atoms with Crippen LogP contribution < -0.4 is 10.1 Å². The Kier molecular flexibility index (Phi) is 4.61. The molecule has 1 amide bonds. The van der Waals surface area contributed by atoms with E-state index in [0.717, 1.165) is 12.1 Å². The number of anilines is 1. The van der Waals surface area contributed by atoms with Crippen molar-refractivity contribution in [3.8, 4) is 5.75 Å². The predicted molar refractivity (Wildman–Crippen MR) is 72.3 cm³/mol. The number of ether oxygens (including phenoxy) is 1. The molecule has 0 saturated heterocycles. The van der Waals surface area contributed by atoms with E-state index in [0.29, 0.717) is 6.29 Å². The van der Waals surface area contributed by atoms with E-state index in [-0.39, 0.29) is 11.3 Å². The summed E-state index contributed by atoms with van der Waals surface area (Å²) in [5.41, 5.74) is -0.253. The van der Waals surface area contributed by atoms with Gasteiger partial charge in [0.05, 0.1) is 5.56 Å². The molecule has 4 nitrogen and oxygen atoms in total. The van der Waals surface area contributed by atoms with Crippen molar-refractivity contribution in [2.75, 3.05) is 11.9 Å². The highest BCUT2D eigenvalue weighted by molar-refractivity contribution is 5.92. The molecule has 0 aliphatic carbocycles. The van der Waals surface area contributed by atoms with Crippen LogP contribution in [0.3, 0.4) is 0 Å². The Balaban J connectivity index is 2.01. The molecule has 0 bridgehead atoms. The molecule has 21 heavy (non-hydrogen) atoms. The highest BCUT2D eigenvalue weighted by atomic mass is 19.1. The lowest BCUT2D eigenvalue weighted by atomic mass is 10.2. The number of rotatable bonds is 5. The van der Waals surface area contributed by atoms with E-state index in [9.17, 15) is 18.4 Å². The number of benzene rings is 2. The first-order valence-corrected chi connectivity index (χ1v) is 6.02. The van der Waals surface area contributed by atoms with Gasteiger partial charge in [0.2, 0.25) is 0 Å². The van der Waals surface area contributed by atoms with Crippen molar-refractivity contribution >= 4 is 17.9 Å². The van der Waals surface area contributed by atoms with Crippen molar-refractivity contribution < 1.29 is 23.1 Å². The largest absolute Gasteiger partial charge is 0.483 e. The van der Waals surface area contributed by atoms with E-state index in [1.54, 1.807) is 12.1 Å². The second-order valence-corrected chi connectivity index (χ2v) is 4.09. The molecule has 0 aliphatic rings. The first-order chi connectivity index (χ1) is 10.1.